The topological polar surface area (TPSA) is 110 Å². The van der Waals surface area contributed by atoms with Gasteiger partial charge in [0.15, 0.2) is 5.13 Å². The monoisotopic (exact) mass is 341 g/mol. The number of hydrogen-bond acceptors (Lipinski definition) is 6. The molecular formula is C16H15N5O2S. The number of aromatic nitrogens is 2. The summed E-state index contributed by atoms with van der Waals surface area (Å²) in [7, 11) is 1.75. The Bertz CT molecular complexity index is 922. The van der Waals surface area contributed by atoms with Gasteiger partial charge in [0.05, 0.1) is 23.2 Å². The fourth-order valence-electron chi connectivity index (χ4n) is 2.28. The minimum Gasteiger partial charge on any atom is -0.373 e. The van der Waals surface area contributed by atoms with E-state index in [1.54, 1.807) is 18.5 Å². The molecule has 0 unspecified atom stereocenters. The Kier molecular flexibility index (Phi) is 4.39. The molecule has 0 bridgehead atoms. The number of pyridine rings is 1. The first kappa shape index (κ1) is 15.9. The van der Waals surface area contributed by atoms with Crippen molar-refractivity contribution in [3.05, 3.63) is 47.0 Å². The highest BCUT2D eigenvalue weighted by atomic mass is 32.1. The second-order valence-corrected chi connectivity index (χ2v) is 5.92. The first-order valence-corrected chi connectivity index (χ1v) is 8.06. The molecule has 3 rings (SSSR count). The first-order chi connectivity index (χ1) is 11.6. The van der Waals surface area contributed by atoms with Crippen LogP contribution in [0, 0.1) is 0 Å². The van der Waals surface area contributed by atoms with Crippen LogP contribution in [0.3, 0.4) is 0 Å². The van der Waals surface area contributed by atoms with Crippen molar-refractivity contribution >= 4 is 45.0 Å². The zero-order chi connectivity index (χ0) is 17.1. The smallest absolute Gasteiger partial charge is 0.258 e. The largest absolute Gasteiger partial charge is 0.373 e. The van der Waals surface area contributed by atoms with Crippen molar-refractivity contribution in [2.24, 2.45) is 5.73 Å². The standard InChI is InChI=1S/C16H15N5O2S/c1-18-14-7-11(10-4-2-3-5-12(10)20-14)15(23)21-16-19-9(8-24-16)6-13(17)22/h2-5,7-8H,6H2,1H3,(H2,17,22)(H,18,20)(H,19,21,23). The maximum absolute atomic E-state index is 12.6. The average molecular weight is 341 g/mol. The maximum atomic E-state index is 12.6. The molecule has 1 aromatic carbocycles. The second kappa shape index (κ2) is 6.63. The molecule has 3 aromatic rings. The summed E-state index contributed by atoms with van der Waals surface area (Å²) >= 11 is 1.25. The van der Waals surface area contributed by atoms with Gasteiger partial charge in [-0.3, -0.25) is 14.9 Å². The van der Waals surface area contributed by atoms with Crippen molar-refractivity contribution in [2.75, 3.05) is 17.7 Å². The van der Waals surface area contributed by atoms with Crippen LogP contribution in [0.2, 0.25) is 0 Å². The van der Waals surface area contributed by atoms with Gasteiger partial charge in [-0.2, -0.15) is 0 Å². The third kappa shape index (κ3) is 3.33. The average Bonchev–Trinajstić information content (AvgIpc) is 2.99. The normalized spacial score (nSPS) is 10.5. The maximum Gasteiger partial charge on any atom is 0.258 e. The van der Waals surface area contributed by atoms with E-state index in [4.69, 9.17) is 5.73 Å². The van der Waals surface area contributed by atoms with E-state index in [-0.39, 0.29) is 12.3 Å². The summed E-state index contributed by atoms with van der Waals surface area (Å²) in [5.74, 6) is -0.144. The predicted molar refractivity (Wildman–Crippen MR) is 94.3 cm³/mol. The second-order valence-electron chi connectivity index (χ2n) is 5.06. The van der Waals surface area contributed by atoms with Crippen molar-refractivity contribution in [2.45, 2.75) is 6.42 Å². The summed E-state index contributed by atoms with van der Waals surface area (Å²) in [5.41, 5.74) is 6.91. The van der Waals surface area contributed by atoms with Gasteiger partial charge in [-0.15, -0.1) is 11.3 Å². The molecule has 0 radical (unpaired) electrons. The lowest BCUT2D eigenvalue weighted by atomic mass is 10.1. The van der Waals surface area contributed by atoms with Gasteiger partial charge in [0.1, 0.15) is 5.82 Å². The van der Waals surface area contributed by atoms with Gasteiger partial charge in [-0.1, -0.05) is 18.2 Å². The number of rotatable bonds is 5. The summed E-state index contributed by atoms with van der Waals surface area (Å²) < 4.78 is 0. The third-order valence-electron chi connectivity index (χ3n) is 3.34. The number of fused-ring (bicyclic) bond motifs is 1. The van der Waals surface area contributed by atoms with E-state index in [1.807, 2.05) is 24.3 Å². The number of thiazole rings is 1. The van der Waals surface area contributed by atoms with Gasteiger partial charge < -0.3 is 11.1 Å². The van der Waals surface area contributed by atoms with Crippen molar-refractivity contribution in [3.63, 3.8) is 0 Å². The number of primary amides is 1. The molecule has 8 heteroatoms. The number of nitrogens with two attached hydrogens (primary N) is 1. The van der Waals surface area contributed by atoms with E-state index in [0.717, 1.165) is 10.9 Å². The molecule has 0 spiro atoms. The molecule has 4 N–H and O–H groups in total. The van der Waals surface area contributed by atoms with Crippen LogP contribution in [0.5, 0.6) is 0 Å². The Balaban J connectivity index is 1.91. The SMILES string of the molecule is CNc1cc(C(=O)Nc2nc(CC(N)=O)cs2)c2ccccc2n1. The molecule has 0 saturated heterocycles. The number of nitrogens with one attached hydrogen (secondary N) is 2. The zero-order valence-corrected chi connectivity index (χ0v) is 13.7. The molecule has 2 amide bonds. The zero-order valence-electron chi connectivity index (χ0n) is 12.9. The highest BCUT2D eigenvalue weighted by molar-refractivity contribution is 7.14. The Labute approximate surface area is 141 Å². The van der Waals surface area contributed by atoms with Crippen molar-refractivity contribution < 1.29 is 9.59 Å². The molecule has 0 atom stereocenters. The van der Waals surface area contributed by atoms with Crippen molar-refractivity contribution in [3.8, 4) is 0 Å². The Morgan fingerprint density at radius 1 is 1.25 bits per heavy atom. The summed E-state index contributed by atoms with van der Waals surface area (Å²) in [4.78, 5) is 32.2. The molecule has 7 nitrogen and oxygen atoms in total. The summed E-state index contributed by atoms with van der Waals surface area (Å²) in [6.45, 7) is 0. The summed E-state index contributed by atoms with van der Waals surface area (Å²) in [5, 5.41) is 8.58. The Morgan fingerprint density at radius 3 is 2.79 bits per heavy atom. The summed E-state index contributed by atoms with van der Waals surface area (Å²) in [6.07, 6.45) is 0.0501. The molecular weight excluding hydrogens is 326 g/mol. The Morgan fingerprint density at radius 2 is 2.04 bits per heavy atom. The summed E-state index contributed by atoms with van der Waals surface area (Å²) in [6, 6.07) is 9.11. The van der Waals surface area contributed by atoms with Crippen LogP contribution in [0.1, 0.15) is 16.1 Å². The molecule has 24 heavy (non-hydrogen) atoms. The molecule has 122 valence electrons. The van der Waals surface area contributed by atoms with Gasteiger partial charge in [-0.05, 0) is 12.1 Å². The van der Waals surface area contributed by atoms with Crippen LogP contribution in [-0.4, -0.2) is 28.8 Å². The third-order valence-corrected chi connectivity index (χ3v) is 4.15. The Hall–Kier alpha value is -3.00. The number of carbonyl (C=O) groups is 2. The van der Waals surface area contributed by atoms with Crippen LogP contribution < -0.4 is 16.4 Å². The van der Waals surface area contributed by atoms with Gasteiger partial charge in [-0.25, -0.2) is 9.97 Å². The number of hydrogen-bond donors (Lipinski definition) is 3. The van der Waals surface area contributed by atoms with Crippen LogP contribution in [0.4, 0.5) is 10.9 Å². The molecule has 0 saturated carbocycles. The number of benzene rings is 1. The van der Waals surface area contributed by atoms with E-state index >= 15 is 0 Å². The van der Waals surface area contributed by atoms with Gasteiger partial charge >= 0.3 is 0 Å². The molecule has 0 aliphatic carbocycles. The lowest BCUT2D eigenvalue weighted by Gasteiger charge is -2.08. The van der Waals surface area contributed by atoms with Crippen LogP contribution in [0.15, 0.2) is 35.7 Å². The molecule has 2 aromatic heterocycles. The lowest BCUT2D eigenvalue weighted by Crippen LogP contribution is -2.15. The minimum absolute atomic E-state index is 0.0501. The molecule has 2 heterocycles. The number of nitrogens with zero attached hydrogens (tertiary/aromatic N) is 2. The quantitative estimate of drug-likeness (QED) is 0.657. The van der Waals surface area contributed by atoms with E-state index in [2.05, 4.69) is 20.6 Å². The van der Waals surface area contributed by atoms with Crippen LogP contribution >= 0.6 is 11.3 Å². The van der Waals surface area contributed by atoms with E-state index in [9.17, 15) is 9.59 Å². The first-order valence-electron chi connectivity index (χ1n) is 7.18. The number of anilines is 2. The molecule has 0 aliphatic heterocycles. The molecule has 0 aliphatic rings. The minimum atomic E-state index is -0.461. The number of para-hydroxylation sites is 1. The highest BCUT2D eigenvalue weighted by Gasteiger charge is 2.15. The van der Waals surface area contributed by atoms with Crippen LogP contribution in [0.25, 0.3) is 10.9 Å². The van der Waals surface area contributed by atoms with E-state index < -0.39 is 5.91 Å². The van der Waals surface area contributed by atoms with E-state index in [1.165, 1.54) is 11.3 Å². The molecule has 0 fully saturated rings. The van der Waals surface area contributed by atoms with Crippen molar-refractivity contribution in [1.82, 2.24) is 9.97 Å². The lowest BCUT2D eigenvalue weighted by molar-refractivity contribution is -0.117. The van der Waals surface area contributed by atoms with Gasteiger partial charge in [0, 0.05) is 17.8 Å². The van der Waals surface area contributed by atoms with Crippen LogP contribution in [-0.2, 0) is 11.2 Å². The van der Waals surface area contributed by atoms with E-state index in [0.29, 0.717) is 22.2 Å². The predicted octanol–water partition coefficient (Wildman–Crippen LogP) is 2.01. The number of carbonyl (C=O) groups excluding carboxylic acids is 2. The van der Waals surface area contributed by atoms with Gasteiger partial charge in [0.2, 0.25) is 5.91 Å². The fraction of sp³-hybridized carbons (Fsp3) is 0.125. The van der Waals surface area contributed by atoms with Crippen molar-refractivity contribution in [1.29, 1.82) is 0 Å². The number of amides is 2. The fourth-order valence-corrected chi connectivity index (χ4v) is 2.99. The highest BCUT2D eigenvalue weighted by Crippen LogP contribution is 2.23. The van der Waals surface area contributed by atoms with Gasteiger partial charge in [0.25, 0.3) is 5.91 Å².